The predicted molar refractivity (Wildman–Crippen MR) is 102 cm³/mol. The molecule has 1 amide bonds. The summed E-state index contributed by atoms with van der Waals surface area (Å²) in [6.07, 6.45) is 0.188. The average Bonchev–Trinajstić information content (AvgIpc) is 2.68. The van der Waals surface area contributed by atoms with Gasteiger partial charge in [-0.1, -0.05) is 30.3 Å². The molecule has 0 spiro atoms. The fraction of sp³-hybridized carbons (Fsp3) is 0.381. The molecule has 1 atom stereocenters. The summed E-state index contributed by atoms with van der Waals surface area (Å²) in [5, 5.41) is 13.3. The molecule has 2 aromatic rings. The summed E-state index contributed by atoms with van der Waals surface area (Å²) in [6, 6.07) is 14.9. The molecule has 0 saturated carbocycles. The van der Waals surface area contributed by atoms with E-state index in [4.69, 9.17) is 4.74 Å². The van der Waals surface area contributed by atoms with Crippen molar-refractivity contribution < 1.29 is 14.6 Å². The Morgan fingerprint density at radius 3 is 2.54 bits per heavy atom. The van der Waals surface area contributed by atoms with Crippen LogP contribution in [0.25, 0.3) is 0 Å². The number of nitrogens with one attached hydrogen (secondary N) is 1. The highest BCUT2D eigenvalue weighted by atomic mass is 16.5. The van der Waals surface area contributed by atoms with Crippen LogP contribution in [0.2, 0.25) is 0 Å². The van der Waals surface area contributed by atoms with Gasteiger partial charge < -0.3 is 15.2 Å². The van der Waals surface area contributed by atoms with Gasteiger partial charge in [0.1, 0.15) is 0 Å². The molecule has 1 aliphatic rings. The third-order valence-corrected chi connectivity index (χ3v) is 4.77. The summed E-state index contributed by atoms with van der Waals surface area (Å²) < 4.78 is 5.34. The second kappa shape index (κ2) is 8.94. The first-order chi connectivity index (χ1) is 12.6. The number of aliphatic hydroxyl groups is 1. The molecule has 0 bridgehead atoms. The topological polar surface area (TPSA) is 61.8 Å². The number of rotatable bonds is 6. The van der Waals surface area contributed by atoms with Gasteiger partial charge in [-0.25, -0.2) is 0 Å². The second-order valence-electron chi connectivity index (χ2n) is 6.65. The van der Waals surface area contributed by atoms with E-state index < -0.39 is 6.10 Å². The van der Waals surface area contributed by atoms with Crippen LogP contribution in [-0.2, 0) is 4.74 Å². The van der Waals surface area contributed by atoms with Crippen LogP contribution in [0, 0.1) is 6.92 Å². The van der Waals surface area contributed by atoms with Crippen molar-refractivity contribution in [1.29, 1.82) is 0 Å². The van der Waals surface area contributed by atoms with Crippen molar-refractivity contribution in [3.63, 3.8) is 0 Å². The third kappa shape index (κ3) is 4.91. The van der Waals surface area contributed by atoms with Gasteiger partial charge in [0.15, 0.2) is 0 Å². The maximum absolute atomic E-state index is 12.4. The molecule has 0 radical (unpaired) electrons. The van der Waals surface area contributed by atoms with Crippen LogP contribution in [0.3, 0.4) is 0 Å². The minimum atomic E-state index is -0.501. The molecule has 2 aromatic carbocycles. The van der Waals surface area contributed by atoms with Crippen molar-refractivity contribution in [2.24, 2.45) is 0 Å². The molecule has 0 aromatic heterocycles. The molecule has 0 aliphatic carbocycles. The zero-order valence-corrected chi connectivity index (χ0v) is 15.1. The van der Waals surface area contributed by atoms with Gasteiger partial charge in [0, 0.05) is 30.9 Å². The Kier molecular flexibility index (Phi) is 6.39. The number of benzene rings is 2. The Morgan fingerprint density at radius 1 is 1.15 bits per heavy atom. The predicted octanol–water partition coefficient (Wildman–Crippen LogP) is 3.00. The first kappa shape index (κ1) is 18.6. The smallest absolute Gasteiger partial charge is 0.255 e. The van der Waals surface area contributed by atoms with E-state index in [2.05, 4.69) is 10.2 Å². The molecule has 2 N–H and O–H groups in total. The summed E-state index contributed by atoms with van der Waals surface area (Å²) >= 11 is 0. The minimum absolute atomic E-state index is 0.122. The number of carbonyl (C=O) groups excluding carboxylic acids is 1. The lowest BCUT2D eigenvalue weighted by atomic mass is 10.1. The van der Waals surface area contributed by atoms with Crippen molar-refractivity contribution >= 4 is 11.6 Å². The van der Waals surface area contributed by atoms with Crippen LogP contribution < -0.4 is 5.32 Å². The Bertz CT molecular complexity index is 724. The van der Waals surface area contributed by atoms with Gasteiger partial charge in [0.2, 0.25) is 0 Å². The SMILES string of the molecule is Cc1ccccc1C(=O)Nc1ccc(C(O)CCN2CCOCC2)cc1. The number of aryl methyl sites for hydroxylation is 1. The largest absolute Gasteiger partial charge is 0.388 e. The molecular formula is C21H26N2O3. The lowest BCUT2D eigenvalue weighted by molar-refractivity contribution is 0.0300. The number of hydrogen-bond donors (Lipinski definition) is 2. The molecule has 1 heterocycles. The van der Waals surface area contributed by atoms with E-state index in [0.717, 1.165) is 49.7 Å². The lowest BCUT2D eigenvalue weighted by Gasteiger charge is -2.27. The van der Waals surface area contributed by atoms with E-state index in [0.29, 0.717) is 12.0 Å². The fourth-order valence-electron chi connectivity index (χ4n) is 3.11. The number of amides is 1. The summed E-state index contributed by atoms with van der Waals surface area (Å²) in [5.41, 5.74) is 3.21. The first-order valence-corrected chi connectivity index (χ1v) is 9.08. The summed E-state index contributed by atoms with van der Waals surface area (Å²) in [7, 11) is 0. The van der Waals surface area contributed by atoms with Gasteiger partial charge in [0.05, 0.1) is 19.3 Å². The molecule has 5 heteroatoms. The monoisotopic (exact) mass is 354 g/mol. The van der Waals surface area contributed by atoms with E-state index in [1.807, 2.05) is 55.5 Å². The van der Waals surface area contributed by atoms with Gasteiger partial charge in [-0.3, -0.25) is 9.69 Å². The van der Waals surface area contributed by atoms with Gasteiger partial charge in [-0.2, -0.15) is 0 Å². The Hall–Kier alpha value is -2.21. The van der Waals surface area contributed by atoms with Gasteiger partial charge in [-0.15, -0.1) is 0 Å². The molecule has 1 aliphatic heterocycles. The van der Waals surface area contributed by atoms with Crippen molar-refractivity contribution in [2.75, 3.05) is 38.2 Å². The van der Waals surface area contributed by atoms with Crippen molar-refractivity contribution in [2.45, 2.75) is 19.4 Å². The molecule has 1 saturated heterocycles. The number of anilines is 1. The first-order valence-electron chi connectivity index (χ1n) is 9.08. The van der Waals surface area contributed by atoms with E-state index in [1.165, 1.54) is 0 Å². The molecule has 5 nitrogen and oxygen atoms in total. The molecule has 138 valence electrons. The maximum atomic E-state index is 12.4. The fourth-order valence-corrected chi connectivity index (χ4v) is 3.11. The van der Waals surface area contributed by atoms with Crippen LogP contribution in [0.5, 0.6) is 0 Å². The quantitative estimate of drug-likeness (QED) is 0.837. The average molecular weight is 354 g/mol. The standard InChI is InChI=1S/C21H26N2O3/c1-16-4-2-3-5-19(16)21(25)22-18-8-6-17(7-9-18)20(24)10-11-23-12-14-26-15-13-23/h2-9,20,24H,10-15H2,1H3,(H,22,25). The van der Waals surface area contributed by atoms with Crippen molar-refractivity contribution in [1.82, 2.24) is 4.90 Å². The molecule has 26 heavy (non-hydrogen) atoms. The molecular weight excluding hydrogens is 328 g/mol. The number of hydrogen-bond acceptors (Lipinski definition) is 4. The Morgan fingerprint density at radius 2 is 1.85 bits per heavy atom. The van der Waals surface area contributed by atoms with Crippen molar-refractivity contribution in [3.05, 3.63) is 65.2 Å². The number of ether oxygens (including phenoxy) is 1. The van der Waals surface area contributed by atoms with E-state index in [1.54, 1.807) is 0 Å². The molecule has 1 fully saturated rings. The highest BCUT2D eigenvalue weighted by molar-refractivity contribution is 6.05. The third-order valence-electron chi connectivity index (χ3n) is 4.77. The highest BCUT2D eigenvalue weighted by Gasteiger charge is 2.14. The van der Waals surface area contributed by atoms with Crippen LogP contribution in [0.4, 0.5) is 5.69 Å². The van der Waals surface area contributed by atoms with Gasteiger partial charge >= 0.3 is 0 Å². The van der Waals surface area contributed by atoms with Gasteiger partial charge in [-0.05, 0) is 42.7 Å². The Labute approximate surface area is 154 Å². The minimum Gasteiger partial charge on any atom is -0.388 e. The van der Waals surface area contributed by atoms with E-state index >= 15 is 0 Å². The van der Waals surface area contributed by atoms with E-state index in [-0.39, 0.29) is 5.91 Å². The van der Waals surface area contributed by atoms with Crippen molar-refractivity contribution in [3.8, 4) is 0 Å². The molecule has 3 rings (SSSR count). The van der Waals surface area contributed by atoms with Crippen LogP contribution in [0.15, 0.2) is 48.5 Å². The van der Waals surface area contributed by atoms with E-state index in [9.17, 15) is 9.90 Å². The lowest BCUT2D eigenvalue weighted by Crippen LogP contribution is -2.37. The number of aliphatic hydroxyl groups excluding tert-OH is 1. The van der Waals surface area contributed by atoms with Crippen LogP contribution in [0.1, 0.15) is 34.0 Å². The summed E-state index contributed by atoms with van der Waals surface area (Å²) in [5.74, 6) is -0.122. The zero-order valence-electron chi connectivity index (χ0n) is 15.1. The number of carbonyl (C=O) groups is 1. The number of nitrogens with zero attached hydrogens (tertiary/aromatic N) is 1. The zero-order chi connectivity index (χ0) is 18.4. The van der Waals surface area contributed by atoms with Crippen LogP contribution >= 0.6 is 0 Å². The summed E-state index contributed by atoms with van der Waals surface area (Å²) in [6.45, 7) is 6.17. The Balaban J connectivity index is 1.54. The second-order valence-corrected chi connectivity index (χ2v) is 6.65. The highest BCUT2D eigenvalue weighted by Crippen LogP contribution is 2.20. The molecule has 1 unspecified atom stereocenters. The number of morpholine rings is 1. The normalized spacial score (nSPS) is 16.2. The van der Waals surface area contributed by atoms with Crippen LogP contribution in [-0.4, -0.2) is 48.8 Å². The maximum Gasteiger partial charge on any atom is 0.255 e. The van der Waals surface area contributed by atoms with Gasteiger partial charge in [0.25, 0.3) is 5.91 Å². The summed E-state index contributed by atoms with van der Waals surface area (Å²) in [4.78, 5) is 14.7.